The highest BCUT2D eigenvalue weighted by atomic mass is 16.4. The summed E-state index contributed by atoms with van der Waals surface area (Å²) in [6.07, 6.45) is 0.939. The van der Waals surface area contributed by atoms with Crippen LogP contribution in [-0.4, -0.2) is 17.0 Å². The van der Waals surface area contributed by atoms with Crippen LogP contribution >= 0.6 is 0 Å². The molecule has 1 aliphatic carbocycles. The third-order valence-corrected chi connectivity index (χ3v) is 4.97. The normalized spacial score (nSPS) is 20.9. The van der Waals surface area contributed by atoms with Crippen molar-refractivity contribution in [1.29, 1.82) is 0 Å². The molecule has 1 aliphatic rings. The molecule has 4 nitrogen and oxygen atoms in total. The molecule has 0 saturated heterocycles. The summed E-state index contributed by atoms with van der Waals surface area (Å²) in [5, 5.41) is 14.4. The molecule has 24 heavy (non-hydrogen) atoms. The Morgan fingerprint density at radius 3 is 2.29 bits per heavy atom. The van der Waals surface area contributed by atoms with Crippen molar-refractivity contribution < 1.29 is 14.7 Å². The topological polar surface area (TPSA) is 66.4 Å². The minimum absolute atomic E-state index is 0.217. The Bertz CT molecular complexity index is 832. The number of anilines is 1. The molecule has 0 aromatic heterocycles. The number of carboxylic acids is 1. The van der Waals surface area contributed by atoms with Crippen LogP contribution < -0.4 is 5.32 Å². The maximum absolute atomic E-state index is 12.8. The molecule has 3 rings (SSSR count). The van der Waals surface area contributed by atoms with Gasteiger partial charge in [-0.3, -0.25) is 9.59 Å². The molecule has 2 aromatic carbocycles. The molecule has 1 amide bonds. The fraction of sp³-hybridized carbons (Fsp3) is 0.300. The van der Waals surface area contributed by atoms with E-state index in [4.69, 9.17) is 0 Å². The van der Waals surface area contributed by atoms with Crippen molar-refractivity contribution in [2.24, 2.45) is 11.8 Å². The van der Waals surface area contributed by atoms with Gasteiger partial charge in [0.25, 0.3) is 0 Å². The summed E-state index contributed by atoms with van der Waals surface area (Å²) in [4.78, 5) is 24.4. The van der Waals surface area contributed by atoms with Crippen LogP contribution in [0.5, 0.6) is 0 Å². The Morgan fingerprint density at radius 1 is 0.958 bits per heavy atom. The van der Waals surface area contributed by atoms with E-state index in [0.29, 0.717) is 12.8 Å². The minimum atomic E-state index is -0.903. The Labute approximate surface area is 141 Å². The third kappa shape index (κ3) is 3.04. The first kappa shape index (κ1) is 16.2. The van der Waals surface area contributed by atoms with Crippen LogP contribution in [0.15, 0.2) is 53.6 Å². The lowest BCUT2D eigenvalue weighted by molar-refractivity contribution is -0.146. The number of carbonyl (C=O) groups is 2. The van der Waals surface area contributed by atoms with E-state index in [0.717, 1.165) is 27.6 Å². The number of hydrogen-bond acceptors (Lipinski definition) is 2. The van der Waals surface area contributed by atoms with Crippen molar-refractivity contribution in [3.05, 3.63) is 53.6 Å². The first-order valence-corrected chi connectivity index (χ1v) is 8.14. The lowest BCUT2D eigenvalue weighted by Crippen LogP contribution is -2.36. The van der Waals surface area contributed by atoms with Gasteiger partial charge in [-0.05, 0) is 38.1 Å². The van der Waals surface area contributed by atoms with E-state index in [1.54, 1.807) is 0 Å². The number of carbonyl (C=O) groups excluding carboxylic acids is 1. The van der Waals surface area contributed by atoms with Crippen LogP contribution in [-0.2, 0) is 9.59 Å². The Kier molecular flexibility index (Phi) is 4.38. The zero-order valence-electron chi connectivity index (χ0n) is 13.9. The first-order chi connectivity index (χ1) is 11.5. The first-order valence-electron chi connectivity index (χ1n) is 8.14. The largest absolute Gasteiger partial charge is 0.481 e. The number of allylic oxidation sites excluding steroid dienone is 2. The number of benzene rings is 2. The van der Waals surface area contributed by atoms with Crippen LogP contribution in [0.25, 0.3) is 10.8 Å². The molecule has 0 saturated carbocycles. The van der Waals surface area contributed by atoms with Gasteiger partial charge in [0, 0.05) is 11.1 Å². The quantitative estimate of drug-likeness (QED) is 0.831. The SMILES string of the molecule is CC1=C(C)C[C@@H](C(=O)Nc2cccc3ccccc23)[C@@H](C(=O)O)C1. The number of hydrogen-bond donors (Lipinski definition) is 2. The fourth-order valence-electron chi connectivity index (χ4n) is 3.39. The molecule has 0 bridgehead atoms. The summed E-state index contributed by atoms with van der Waals surface area (Å²) in [5.41, 5.74) is 2.92. The van der Waals surface area contributed by atoms with Gasteiger partial charge in [0.1, 0.15) is 0 Å². The molecule has 2 aromatic rings. The van der Waals surface area contributed by atoms with Gasteiger partial charge in [0.05, 0.1) is 11.8 Å². The van der Waals surface area contributed by atoms with Crippen molar-refractivity contribution in [1.82, 2.24) is 0 Å². The molecule has 2 atom stereocenters. The molecule has 0 radical (unpaired) electrons. The van der Waals surface area contributed by atoms with Crippen LogP contribution in [0.2, 0.25) is 0 Å². The van der Waals surface area contributed by atoms with Crippen LogP contribution in [0, 0.1) is 11.8 Å². The van der Waals surface area contributed by atoms with Gasteiger partial charge < -0.3 is 10.4 Å². The fourth-order valence-corrected chi connectivity index (χ4v) is 3.39. The summed E-state index contributed by atoms with van der Waals surface area (Å²) >= 11 is 0. The van der Waals surface area contributed by atoms with Crippen LogP contribution in [0.1, 0.15) is 26.7 Å². The van der Waals surface area contributed by atoms with Gasteiger partial charge in [-0.15, -0.1) is 0 Å². The van der Waals surface area contributed by atoms with Crippen LogP contribution in [0.4, 0.5) is 5.69 Å². The average Bonchev–Trinajstić information content (AvgIpc) is 2.57. The van der Waals surface area contributed by atoms with Crippen molar-refractivity contribution in [3.63, 3.8) is 0 Å². The summed E-state index contributed by atoms with van der Waals surface area (Å²) in [6, 6.07) is 13.6. The van der Waals surface area contributed by atoms with Gasteiger partial charge >= 0.3 is 5.97 Å². The monoisotopic (exact) mass is 323 g/mol. The molecule has 0 spiro atoms. The highest BCUT2D eigenvalue weighted by Gasteiger charge is 2.37. The molecule has 0 aliphatic heterocycles. The van der Waals surface area contributed by atoms with Gasteiger partial charge in [-0.1, -0.05) is 47.5 Å². The highest BCUT2D eigenvalue weighted by molar-refractivity contribution is 6.03. The molecule has 0 fully saturated rings. The van der Waals surface area contributed by atoms with Gasteiger partial charge in [0.15, 0.2) is 0 Å². The zero-order valence-corrected chi connectivity index (χ0v) is 13.9. The lowest BCUT2D eigenvalue weighted by atomic mass is 9.76. The highest BCUT2D eigenvalue weighted by Crippen LogP contribution is 2.35. The average molecular weight is 323 g/mol. The third-order valence-electron chi connectivity index (χ3n) is 4.97. The van der Waals surface area contributed by atoms with Crippen molar-refractivity contribution in [3.8, 4) is 0 Å². The molecule has 0 heterocycles. The maximum Gasteiger partial charge on any atom is 0.307 e. The predicted molar refractivity (Wildman–Crippen MR) is 94.8 cm³/mol. The lowest BCUT2D eigenvalue weighted by Gasteiger charge is -2.29. The number of rotatable bonds is 3. The molecule has 4 heteroatoms. The van der Waals surface area contributed by atoms with E-state index in [2.05, 4.69) is 5.32 Å². The smallest absolute Gasteiger partial charge is 0.307 e. The van der Waals surface area contributed by atoms with E-state index >= 15 is 0 Å². The molecule has 2 N–H and O–H groups in total. The standard InChI is InChI=1S/C20H21NO3/c1-12-10-16(17(20(23)24)11-13(12)2)19(22)21-18-9-5-7-14-6-3-4-8-15(14)18/h3-9,16-17H,10-11H2,1-2H3,(H,21,22)(H,23,24)/t16-,17+/m1/s1. The Balaban J connectivity index is 1.89. The predicted octanol–water partition coefficient (Wildman–Crippen LogP) is 4.23. The van der Waals surface area contributed by atoms with Gasteiger partial charge in [-0.25, -0.2) is 0 Å². The maximum atomic E-state index is 12.8. The zero-order chi connectivity index (χ0) is 17.3. The molecule has 0 unspecified atom stereocenters. The van der Waals surface area contributed by atoms with E-state index in [9.17, 15) is 14.7 Å². The second-order valence-electron chi connectivity index (χ2n) is 6.54. The number of carboxylic acid groups (broad SMARTS) is 1. The summed E-state index contributed by atoms with van der Waals surface area (Å²) in [5.74, 6) is -2.32. The van der Waals surface area contributed by atoms with Gasteiger partial charge in [-0.2, -0.15) is 0 Å². The molecule has 124 valence electrons. The minimum Gasteiger partial charge on any atom is -0.481 e. The number of amides is 1. The Morgan fingerprint density at radius 2 is 1.58 bits per heavy atom. The van der Waals surface area contributed by atoms with E-state index in [1.807, 2.05) is 56.3 Å². The van der Waals surface area contributed by atoms with E-state index in [-0.39, 0.29) is 5.91 Å². The van der Waals surface area contributed by atoms with Crippen LogP contribution in [0.3, 0.4) is 0 Å². The van der Waals surface area contributed by atoms with E-state index < -0.39 is 17.8 Å². The second kappa shape index (κ2) is 6.48. The number of aliphatic carboxylic acids is 1. The second-order valence-corrected chi connectivity index (χ2v) is 6.54. The van der Waals surface area contributed by atoms with E-state index in [1.165, 1.54) is 0 Å². The Hall–Kier alpha value is -2.62. The van der Waals surface area contributed by atoms with Crippen molar-refractivity contribution in [2.45, 2.75) is 26.7 Å². The molecular formula is C20H21NO3. The summed E-state index contributed by atoms with van der Waals surface area (Å²) < 4.78 is 0. The number of nitrogens with one attached hydrogen (secondary N) is 1. The van der Waals surface area contributed by atoms with Crippen molar-refractivity contribution in [2.75, 3.05) is 5.32 Å². The van der Waals surface area contributed by atoms with Gasteiger partial charge in [0.2, 0.25) is 5.91 Å². The summed E-state index contributed by atoms with van der Waals surface area (Å²) in [6.45, 7) is 3.93. The number of fused-ring (bicyclic) bond motifs is 1. The molecular weight excluding hydrogens is 302 g/mol. The summed E-state index contributed by atoms with van der Waals surface area (Å²) in [7, 11) is 0. The van der Waals surface area contributed by atoms with Crippen molar-refractivity contribution >= 4 is 28.3 Å².